The lowest BCUT2D eigenvalue weighted by Crippen LogP contribution is -2.68. The molecular weight excluding hydrogens is 660 g/mol. The number of carboxylic acid groups (broad SMARTS) is 1. The Balaban J connectivity index is 1.11. The molecule has 9 atom stereocenters. The molecule has 0 unspecified atom stereocenters. The van der Waals surface area contributed by atoms with Crippen LogP contribution < -0.4 is 5.32 Å². The monoisotopic (exact) mass is 728 g/mol. The molecule has 7 rings (SSSR count). The van der Waals surface area contributed by atoms with E-state index in [0.717, 1.165) is 32.4 Å². The SMILES string of the molecule is C=C(C)[C@@H]1CC[C@]2(NCCN3CCS(=O)(=O)CC3)CC[C@]3(C)[C@H](CC[C@@H]4[C@@]5(C)CC=C(C6CCC(CF)(C(=O)O)CC6)C(C)(C)[C@@H]5CC[C@]43C)[C@@H]12. The molecule has 8 heteroatoms. The lowest BCUT2D eigenvalue weighted by Gasteiger charge is -2.72. The first kappa shape index (κ1) is 38.0. The molecule has 5 saturated carbocycles. The topological polar surface area (TPSA) is 86.7 Å². The third-order valence-electron chi connectivity index (χ3n) is 18.1. The number of rotatable bonds is 8. The van der Waals surface area contributed by atoms with Crippen molar-refractivity contribution >= 4 is 15.8 Å². The fraction of sp³-hybridized carbons (Fsp3) is 0.884. The van der Waals surface area contributed by atoms with Crippen molar-refractivity contribution in [3.8, 4) is 0 Å². The summed E-state index contributed by atoms with van der Waals surface area (Å²) in [5.41, 5.74) is 2.68. The molecule has 7 aliphatic rings. The van der Waals surface area contributed by atoms with Crippen LogP contribution in [0.15, 0.2) is 23.8 Å². The van der Waals surface area contributed by atoms with Gasteiger partial charge in [-0.2, -0.15) is 0 Å². The van der Waals surface area contributed by atoms with Gasteiger partial charge in [0.25, 0.3) is 0 Å². The van der Waals surface area contributed by atoms with Gasteiger partial charge >= 0.3 is 5.97 Å². The number of hydrogen-bond donors (Lipinski definition) is 2. The molecule has 2 N–H and O–H groups in total. The van der Waals surface area contributed by atoms with Gasteiger partial charge in [0.15, 0.2) is 9.84 Å². The van der Waals surface area contributed by atoms with Crippen LogP contribution >= 0.6 is 0 Å². The van der Waals surface area contributed by atoms with Gasteiger partial charge in [0.2, 0.25) is 0 Å². The minimum absolute atomic E-state index is 0.0520. The summed E-state index contributed by atoms with van der Waals surface area (Å²) in [4.78, 5) is 14.4. The number of hydrogen-bond acceptors (Lipinski definition) is 5. The molecule has 1 heterocycles. The second-order valence-electron chi connectivity index (χ2n) is 20.3. The van der Waals surface area contributed by atoms with Crippen molar-refractivity contribution in [1.29, 1.82) is 0 Å². The second-order valence-corrected chi connectivity index (χ2v) is 22.6. The number of nitrogens with one attached hydrogen (secondary N) is 1. The average molecular weight is 729 g/mol. The van der Waals surface area contributed by atoms with E-state index in [1.807, 2.05) is 0 Å². The van der Waals surface area contributed by atoms with Crippen molar-refractivity contribution in [2.75, 3.05) is 44.4 Å². The van der Waals surface area contributed by atoms with Crippen molar-refractivity contribution in [2.24, 2.45) is 62.6 Å². The van der Waals surface area contributed by atoms with Gasteiger partial charge in [-0.25, -0.2) is 12.8 Å². The number of carbonyl (C=O) groups is 1. The smallest absolute Gasteiger partial charge is 0.312 e. The molecule has 6 nitrogen and oxygen atoms in total. The summed E-state index contributed by atoms with van der Waals surface area (Å²) in [6.45, 7) is 22.3. The molecule has 51 heavy (non-hydrogen) atoms. The second kappa shape index (κ2) is 12.9. The molecule has 6 aliphatic carbocycles. The van der Waals surface area contributed by atoms with Gasteiger partial charge in [0, 0.05) is 31.7 Å². The van der Waals surface area contributed by atoms with E-state index in [1.165, 1.54) is 56.9 Å². The number of aliphatic carboxylic acids is 1. The van der Waals surface area contributed by atoms with Gasteiger partial charge in [0.05, 0.1) is 16.9 Å². The first-order chi connectivity index (χ1) is 23.9. The maximum Gasteiger partial charge on any atom is 0.312 e. The van der Waals surface area contributed by atoms with E-state index in [1.54, 1.807) is 5.57 Å². The number of halogens is 1. The highest BCUT2D eigenvalue weighted by molar-refractivity contribution is 7.91. The van der Waals surface area contributed by atoms with Crippen molar-refractivity contribution < 1.29 is 22.7 Å². The first-order valence-electron chi connectivity index (χ1n) is 20.7. The third-order valence-corrected chi connectivity index (χ3v) is 19.8. The summed E-state index contributed by atoms with van der Waals surface area (Å²) in [5.74, 6) is 3.08. The Morgan fingerprint density at radius 3 is 2.24 bits per heavy atom. The van der Waals surface area contributed by atoms with Crippen molar-refractivity contribution in [3.05, 3.63) is 23.8 Å². The van der Waals surface area contributed by atoms with Gasteiger partial charge in [-0.15, -0.1) is 0 Å². The fourth-order valence-electron chi connectivity index (χ4n) is 15.1. The van der Waals surface area contributed by atoms with Gasteiger partial charge in [-0.3, -0.25) is 4.79 Å². The average Bonchev–Trinajstić information content (AvgIpc) is 3.46. The normalized spacial score (nSPS) is 47.6. The molecule has 0 aromatic heterocycles. The number of alkyl halides is 1. The van der Waals surface area contributed by atoms with Gasteiger partial charge < -0.3 is 15.3 Å². The quantitative estimate of drug-likeness (QED) is 0.244. The molecule has 0 aromatic rings. The number of sulfone groups is 1. The van der Waals surface area contributed by atoms with Crippen LogP contribution in [0.1, 0.15) is 125 Å². The Kier molecular flexibility index (Phi) is 9.64. The van der Waals surface area contributed by atoms with Crippen LogP contribution in [0.5, 0.6) is 0 Å². The predicted octanol–water partition coefficient (Wildman–Crippen LogP) is 8.48. The molecule has 0 spiro atoms. The van der Waals surface area contributed by atoms with E-state index < -0.39 is 27.9 Å². The predicted molar refractivity (Wildman–Crippen MR) is 204 cm³/mol. The lowest BCUT2D eigenvalue weighted by molar-refractivity contribution is -0.221. The molecule has 0 amide bonds. The van der Waals surface area contributed by atoms with Crippen LogP contribution in [0.2, 0.25) is 0 Å². The van der Waals surface area contributed by atoms with E-state index in [-0.39, 0.29) is 27.2 Å². The molecule has 1 saturated heterocycles. The number of nitrogens with zero attached hydrogens (tertiary/aromatic N) is 1. The zero-order valence-corrected chi connectivity index (χ0v) is 33.6. The lowest BCUT2D eigenvalue weighted by atomic mass is 9.32. The molecular formula is C43H69FN2O4S. The Morgan fingerprint density at radius 2 is 1.61 bits per heavy atom. The maximum atomic E-state index is 14.0. The molecule has 1 aliphatic heterocycles. The maximum absolute atomic E-state index is 14.0. The van der Waals surface area contributed by atoms with Gasteiger partial charge in [0.1, 0.15) is 6.67 Å². The highest BCUT2D eigenvalue weighted by Crippen LogP contribution is 2.76. The zero-order chi connectivity index (χ0) is 36.8. The Bertz CT molecular complexity index is 1520. The summed E-state index contributed by atoms with van der Waals surface area (Å²) in [7, 11) is -2.87. The summed E-state index contributed by atoms with van der Waals surface area (Å²) < 4.78 is 38.1. The van der Waals surface area contributed by atoms with Crippen LogP contribution in [0.25, 0.3) is 0 Å². The van der Waals surface area contributed by atoms with Crippen LogP contribution in [0.4, 0.5) is 4.39 Å². The summed E-state index contributed by atoms with van der Waals surface area (Å²) in [5, 5.41) is 14.0. The third kappa shape index (κ3) is 5.78. The van der Waals surface area contributed by atoms with Gasteiger partial charge in [-0.05, 0) is 148 Å². The molecule has 6 fully saturated rings. The van der Waals surface area contributed by atoms with Crippen LogP contribution in [0, 0.1) is 62.6 Å². The number of allylic oxidation sites excluding steroid dienone is 3. The van der Waals surface area contributed by atoms with Gasteiger partial charge in [-0.1, -0.05) is 58.4 Å². The van der Waals surface area contributed by atoms with Crippen LogP contribution in [-0.4, -0.2) is 74.3 Å². The fourth-order valence-corrected chi connectivity index (χ4v) is 16.4. The Hall–Kier alpha value is -1.25. The van der Waals surface area contributed by atoms with Crippen molar-refractivity contribution in [1.82, 2.24) is 10.2 Å². The summed E-state index contributed by atoms with van der Waals surface area (Å²) in [6.07, 6.45) is 16.2. The Morgan fingerprint density at radius 1 is 0.922 bits per heavy atom. The number of carboxylic acids is 1. The largest absolute Gasteiger partial charge is 0.481 e. The summed E-state index contributed by atoms with van der Waals surface area (Å²) >= 11 is 0. The highest BCUT2D eigenvalue weighted by atomic mass is 32.2. The highest BCUT2D eigenvalue weighted by Gasteiger charge is 2.70. The van der Waals surface area contributed by atoms with E-state index in [4.69, 9.17) is 0 Å². The van der Waals surface area contributed by atoms with Crippen molar-refractivity contribution in [3.63, 3.8) is 0 Å². The van der Waals surface area contributed by atoms with Crippen molar-refractivity contribution in [2.45, 2.75) is 131 Å². The number of fused-ring (bicyclic) bond motifs is 7. The van der Waals surface area contributed by atoms with Crippen LogP contribution in [-0.2, 0) is 14.6 Å². The first-order valence-corrected chi connectivity index (χ1v) is 22.5. The molecule has 288 valence electrons. The molecule has 0 bridgehead atoms. The van der Waals surface area contributed by atoms with Crippen LogP contribution in [0.3, 0.4) is 0 Å². The van der Waals surface area contributed by atoms with E-state index in [2.05, 4.69) is 64.4 Å². The minimum Gasteiger partial charge on any atom is -0.481 e. The minimum atomic E-state index is -2.87. The zero-order valence-electron chi connectivity index (χ0n) is 32.8. The Labute approximate surface area is 309 Å². The standard InChI is InChI=1S/C43H69FN2O4S/c1-29(2)31-12-19-43(45-22-23-46-24-26-51(49,50)27-25-46)21-20-40(6)33(36(31)43)8-9-35-39(5)15-13-32(38(3,4)34(39)14-16-41(35,40)7)30-10-17-42(28-44,18-11-30)37(47)48/h13,30-31,33-36,45H,1,8-12,14-28H2,2-7H3,(H,47,48)/t30?,31-,33+,34-,35+,36+,39-,40+,41+,42?,43-/m0/s1. The molecule has 0 aromatic carbocycles. The van der Waals surface area contributed by atoms with E-state index in [9.17, 15) is 22.7 Å². The van der Waals surface area contributed by atoms with E-state index >= 15 is 0 Å². The molecule has 0 radical (unpaired) electrons. The summed E-state index contributed by atoms with van der Waals surface area (Å²) in [6, 6.07) is 0. The van der Waals surface area contributed by atoms with E-state index in [0.29, 0.717) is 72.9 Å².